The molecule has 0 unspecified atom stereocenters. The van der Waals surface area contributed by atoms with Gasteiger partial charge in [0.2, 0.25) is 0 Å². The van der Waals surface area contributed by atoms with Crippen LogP contribution in [0.2, 0.25) is 0 Å². The van der Waals surface area contributed by atoms with E-state index in [1.165, 1.54) is 0 Å². The molecule has 22 heavy (non-hydrogen) atoms. The molecule has 0 aromatic carbocycles. The van der Waals surface area contributed by atoms with Crippen molar-refractivity contribution in [2.45, 2.75) is 63.4 Å². The molecule has 0 spiro atoms. The number of aliphatic hydroxyl groups is 3. The normalized spacial score (nSPS) is 45.3. The third-order valence-electron chi connectivity index (χ3n) is 5.56. The molecule has 0 bridgehead atoms. The number of fused-ring (bicyclic) bond motifs is 1. The fraction of sp³-hybridized carbons (Fsp3) is 0.778. The zero-order valence-electron chi connectivity index (χ0n) is 13.3. The summed E-state index contributed by atoms with van der Waals surface area (Å²) in [7, 11) is 0. The maximum Gasteiger partial charge on any atom is 0.0751 e. The van der Waals surface area contributed by atoms with Gasteiger partial charge in [-0.15, -0.1) is 0 Å². The molecular formula is C18H28O4. The second kappa shape index (κ2) is 6.83. The van der Waals surface area contributed by atoms with Crippen LogP contribution in [0, 0.1) is 17.8 Å². The minimum Gasteiger partial charge on any atom is -0.393 e. The van der Waals surface area contributed by atoms with E-state index >= 15 is 0 Å². The van der Waals surface area contributed by atoms with Crippen molar-refractivity contribution >= 4 is 0 Å². The minimum atomic E-state index is -0.531. The van der Waals surface area contributed by atoms with Gasteiger partial charge in [-0.05, 0) is 43.1 Å². The van der Waals surface area contributed by atoms with Gasteiger partial charge in [0.05, 0.1) is 24.4 Å². The Kier molecular flexibility index (Phi) is 5.03. The van der Waals surface area contributed by atoms with Gasteiger partial charge in [0.15, 0.2) is 0 Å². The summed E-state index contributed by atoms with van der Waals surface area (Å²) in [5, 5.41) is 30.0. The summed E-state index contributed by atoms with van der Waals surface area (Å²) in [5.41, 5.74) is 1.08. The molecular weight excluding hydrogens is 280 g/mol. The Hall–Kier alpha value is -0.680. The summed E-state index contributed by atoms with van der Waals surface area (Å²) in [6.07, 6.45) is 8.88. The molecule has 4 heteroatoms. The third kappa shape index (κ3) is 3.46. The molecule has 3 rings (SSSR count). The quantitative estimate of drug-likeness (QED) is 0.743. The molecule has 1 saturated heterocycles. The molecule has 1 fully saturated rings. The lowest BCUT2D eigenvalue weighted by atomic mass is 9.66. The van der Waals surface area contributed by atoms with Gasteiger partial charge in [0.1, 0.15) is 0 Å². The Labute approximate surface area is 132 Å². The van der Waals surface area contributed by atoms with Crippen LogP contribution in [0.4, 0.5) is 0 Å². The number of hydrogen-bond donors (Lipinski definition) is 3. The van der Waals surface area contributed by atoms with Crippen molar-refractivity contribution in [1.82, 2.24) is 0 Å². The van der Waals surface area contributed by atoms with Crippen LogP contribution in [0.25, 0.3) is 0 Å². The van der Waals surface area contributed by atoms with Crippen molar-refractivity contribution in [3.8, 4) is 0 Å². The molecule has 0 saturated carbocycles. The van der Waals surface area contributed by atoms with Crippen LogP contribution >= 0.6 is 0 Å². The number of hydrogen-bond acceptors (Lipinski definition) is 4. The van der Waals surface area contributed by atoms with E-state index in [4.69, 9.17) is 4.74 Å². The van der Waals surface area contributed by atoms with Crippen molar-refractivity contribution < 1.29 is 20.1 Å². The average Bonchev–Trinajstić information content (AvgIpc) is 2.46. The van der Waals surface area contributed by atoms with E-state index in [9.17, 15) is 15.3 Å². The molecule has 124 valence electrons. The highest BCUT2D eigenvalue weighted by atomic mass is 16.5. The molecule has 4 nitrogen and oxygen atoms in total. The third-order valence-corrected chi connectivity index (χ3v) is 5.56. The number of allylic oxidation sites excluding steroid dienone is 2. The maximum absolute atomic E-state index is 10.4. The van der Waals surface area contributed by atoms with Gasteiger partial charge in [-0.1, -0.05) is 25.2 Å². The lowest BCUT2D eigenvalue weighted by Crippen LogP contribution is -2.40. The largest absolute Gasteiger partial charge is 0.393 e. The lowest BCUT2D eigenvalue weighted by Gasteiger charge is -2.41. The Morgan fingerprint density at radius 2 is 2.00 bits per heavy atom. The smallest absolute Gasteiger partial charge is 0.0751 e. The zero-order valence-corrected chi connectivity index (χ0v) is 13.3. The molecule has 0 aromatic heterocycles. The molecule has 0 radical (unpaired) electrons. The molecule has 7 atom stereocenters. The van der Waals surface area contributed by atoms with Gasteiger partial charge in [0, 0.05) is 18.9 Å². The number of ether oxygens (including phenoxy) is 1. The molecule has 3 N–H and O–H groups in total. The van der Waals surface area contributed by atoms with Crippen LogP contribution < -0.4 is 0 Å². The van der Waals surface area contributed by atoms with Crippen LogP contribution in [0.1, 0.15) is 39.0 Å². The monoisotopic (exact) mass is 308 g/mol. The van der Waals surface area contributed by atoms with E-state index < -0.39 is 12.2 Å². The van der Waals surface area contributed by atoms with Crippen LogP contribution in [-0.4, -0.2) is 46.3 Å². The first-order valence-electron chi connectivity index (χ1n) is 8.60. The van der Waals surface area contributed by atoms with Crippen molar-refractivity contribution in [1.29, 1.82) is 0 Å². The molecule has 0 aromatic rings. The molecule has 2 aliphatic carbocycles. The van der Waals surface area contributed by atoms with Crippen LogP contribution in [0.5, 0.6) is 0 Å². The van der Waals surface area contributed by atoms with Crippen molar-refractivity contribution in [2.24, 2.45) is 17.8 Å². The van der Waals surface area contributed by atoms with Crippen LogP contribution in [-0.2, 0) is 4.74 Å². The Bertz CT molecular complexity index is 444. The number of aliphatic hydroxyl groups excluding tert-OH is 3. The van der Waals surface area contributed by atoms with Gasteiger partial charge in [-0.2, -0.15) is 0 Å². The van der Waals surface area contributed by atoms with E-state index in [-0.39, 0.29) is 18.1 Å². The fourth-order valence-electron chi connectivity index (χ4n) is 4.33. The van der Waals surface area contributed by atoms with Crippen LogP contribution in [0.15, 0.2) is 23.8 Å². The lowest BCUT2D eigenvalue weighted by molar-refractivity contribution is -0.0519. The van der Waals surface area contributed by atoms with E-state index in [2.05, 4.69) is 19.1 Å². The SMILES string of the molecule is C[C@H]1C=CC2=C[C@@H](O)C[C@H](O)[C@@H]2[C@H]1CC[C@@H]1C[C@H](O)CCO1. The van der Waals surface area contributed by atoms with Crippen molar-refractivity contribution in [3.63, 3.8) is 0 Å². The Morgan fingerprint density at radius 1 is 1.18 bits per heavy atom. The predicted octanol–water partition coefficient (Wildman–Crippen LogP) is 1.80. The van der Waals surface area contributed by atoms with Crippen molar-refractivity contribution in [2.75, 3.05) is 6.61 Å². The standard InChI is InChI=1S/C18H28O4/c1-11-2-3-12-8-14(20)10-17(21)18(12)16(11)5-4-15-9-13(19)6-7-22-15/h2-3,8,11,13-21H,4-7,9-10H2,1H3/t11-,13+,14+,15+,16-,17-,18-/m0/s1. The molecule has 1 aliphatic heterocycles. The van der Waals surface area contributed by atoms with Gasteiger partial charge < -0.3 is 20.1 Å². The van der Waals surface area contributed by atoms with Crippen molar-refractivity contribution in [3.05, 3.63) is 23.8 Å². The Morgan fingerprint density at radius 3 is 2.77 bits per heavy atom. The van der Waals surface area contributed by atoms with Crippen LogP contribution in [0.3, 0.4) is 0 Å². The summed E-state index contributed by atoms with van der Waals surface area (Å²) in [5.74, 6) is 0.916. The van der Waals surface area contributed by atoms with E-state index in [1.54, 1.807) is 0 Å². The zero-order chi connectivity index (χ0) is 15.7. The molecule has 3 aliphatic rings. The summed E-state index contributed by atoms with van der Waals surface area (Å²) in [4.78, 5) is 0. The fourth-order valence-corrected chi connectivity index (χ4v) is 4.33. The van der Waals surface area contributed by atoms with Gasteiger partial charge in [0.25, 0.3) is 0 Å². The van der Waals surface area contributed by atoms with E-state index in [1.807, 2.05) is 6.08 Å². The predicted molar refractivity (Wildman–Crippen MR) is 84.2 cm³/mol. The molecule has 1 heterocycles. The first kappa shape index (κ1) is 16.2. The first-order chi connectivity index (χ1) is 10.5. The maximum atomic E-state index is 10.4. The highest BCUT2D eigenvalue weighted by Gasteiger charge is 2.39. The summed E-state index contributed by atoms with van der Waals surface area (Å²) >= 11 is 0. The average molecular weight is 308 g/mol. The summed E-state index contributed by atoms with van der Waals surface area (Å²) in [6.45, 7) is 2.85. The molecule has 0 amide bonds. The highest BCUT2D eigenvalue weighted by molar-refractivity contribution is 5.31. The topological polar surface area (TPSA) is 69.9 Å². The van der Waals surface area contributed by atoms with Gasteiger partial charge in [-0.3, -0.25) is 0 Å². The number of rotatable bonds is 3. The first-order valence-corrected chi connectivity index (χ1v) is 8.60. The van der Waals surface area contributed by atoms with Gasteiger partial charge in [-0.25, -0.2) is 0 Å². The Balaban J connectivity index is 1.66. The van der Waals surface area contributed by atoms with E-state index in [0.717, 1.165) is 31.3 Å². The second-order valence-corrected chi connectivity index (χ2v) is 7.19. The summed E-state index contributed by atoms with van der Waals surface area (Å²) < 4.78 is 5.76. The minimum absolute atomic E-state index is 0.122. The second-order valence-electron chi connectivity index (χ2n) is 7.19. The highest BCUT2D eigenvalue weighted by Crippen LogP contribution is 2.42. The summed E-state index contributed by atoms with van der Waals surface area (Å²) in [6, 6.07) is 0. The van der Waals surface area contributed by atoms with E-state index in [0.29, 0.717) is 24.9 Å². The van der Waals surface area contributed by atoms with Gasteiger partial charge >= 0.3 is 0 Å².